The molecule has 1 atom stereocenters. The van der Waals surface area contributed by atoms with E-state index in [4.69, 9.17) is 5.11 Å². The fourth-order valence-corrected chi connectivity index (χ4v) is 3.09. The highest BCUT2D eigenvalue weighted by Gasteiger charge is 2.24. The highest BCUT2D eigenvalue weighted by atomic mass is 16.4. The summed E-state index contributed by atoms with van der Waals surface area (Å²) in [5.74, 6) is -0.690. The second kappa shape index (κ2) is 6.88. The first-order valence-electron chi connectivity index (χ1n) is 7.59. The molecule has 1 fully saturated rings. The molecule has 1 N–H and O–H groups in total. The number of aromatic nitrogens is 2. The van der Waals surface area contributed by atoms with Gasteiger partial charge in [0.05, 0.1) is 11.4 Å². The van der Waals surface area contributed by atoms with E-state index >= 15 is 0 Å². The van der Waals surface area contributed by atoms with Crippen LogP contribution in [-0.4, -0.2) is 38.3 Å². The molecule has 0 aromatic carbocycles. The van der Waals surface area contributed by atoms with Crippen LogP contribution in [0.25, 0.3) is 0 Å². The van der Waals surface area contributed by atoms with Crippen molar-refractivity contribution in [3.8, 4) is 0 Å². The van der Waals surface area contributed by atoms with Crippen LogP contribution in [0.2, 0.25) is 0 Å². The summed E-state index contributed by atoms with van der Waals surface area (Å²) in [6.45, 7) is 6.97. The Bertz CT molecular complexity index is 456. The van der Waals surface area contributed by atoms with Crippen LogP contribution in [0.4, 0.5) is 0 Å². The summed E-state index contributed by atoms with van der Waals surface area (Å²) in [7, 11) is 0. The van der Waals surface area contributed by atoms with E-state index < -0.39 is 5.97 Å². The summed E-state index contributed by atoms with van der Waals surface area (Å²) < 4.78 is 2.05. The lowest BCUT2D eigenvalue weighted by atomic mass is 9.97. The van der Waals surface area contributed by atoms with Crippen LogP contribution in [0, 0.1) is 6.92 Å². The summed E-state index contributed by atoms with van der Waals surface area (Å²) >= 11 is 0. The van der Waals surface area contributed by atoms with Crippen molar-refractivity contribution in [2.24, 2.45) is 0 Å². The fraction of sp³-hybridized carbons (Fsp3) is 0.733. The number of carboxylic acids is 1. The van der Waals surface area contributed by atoms with E-state index in [-0.39, 0.29) is 6.42 Å². The Balaban J connectivity index is 2.02. The molecule has 0 spiro atoms. The minimum absolute atomic E-state index is 0.271. The van der Waals surface area contributed by atoms with Crippen molar-refractivity contribution in [1.29, 1.82) is 0 Å². The molecule has 5 heteroatoms. The predicted octanol–water partition coefficient (Wildman–Crippen LogP) is 2.43. The van der Waals surface area contributed by atoms with Gasteiger partial charge in [-0.25, -0.2) is 0 Å². The molecular formula is C15H25N3O2. The molecule has 0 saturated carbocycles. The van der Waals surface area contributed by atoms with E-state index in [0.717, 1.165) is 38.2 Å². The summed E-state index contributed by atoms with van der Waals surface area (Å²) in [6.07, 6.45) is 4.57. The summed E-state index contributed by atoms with van der Waals surface area (Å²) in [5, 5.41) is 13.4. The van der Waals surface area contributed by atoms with Crippen LogP contribution in [0.1, 0.15) is 50.4 Å². The van der Waals surface area contributed by atoms with Gasteiger partial charge in [-0.15, -0.1) is 0 Å². The molecule has 1 saturated heterocycles. The maximum atomic E-state index is 10.8. The van der Waals surface area contributed by atoms with E-state index in [9.17, 15) is 4.79 Å². The second-order valence-electron chi connectivity index (χ2n) is 5.65. The van der Waals surface area contributed by atoms with Crippen molar-refractivity contribution < 1.29 is 9.90 Å². The first-order valence-corrected chi connectivity index (χ1v) is 7.59. The molecule has 5 nitrogen and oxygen atoms in total. The van der Waals surface area contributed by atoms with Crippen molar-refractivity contribution in [2.45, 2.75) is 65.1 Å². The van der Waals surface area contributed by atoms with Crippen LogP contribution in [0.15, 0.2) is 6.07 Å². The average Bonchev–Trinajstić information content (AvgIpc) is 2.77. The molecule has 0 radical (unpaired) electrons. The second-order valence-corrected chi connectivity index (χ2v) is 5.65. The number of carboxylic acid groups (broad SMARTS) is 1. The van der Waals surface area contributed by atoms with E-state index in [1.807, 2.05) is 6.92 Å². The van der Waals surface area contributed by atoms with Crippen molar-refractivity contribution in [3.05, 3.63) is 17.5 Å². The lowest BCUT2D eigenvalue weighted by Gasteiger charge is -2.35. The van der Waals surface area contributed by atoms with Gasteiger partial charge in [0.2, 0.25) is 0 Å². The zero-order valence-corrected chi connectivity index (χ0v) is 12.5. The largest absolute Gasteiger partial charge is 0.481 e. The Kier molecular flexibility index (Phi) is 5.17. The van der Waals surface area contributed by atoms with Crippen molar-refractivity contribution in [1.82, 2.24) is 14.7 Å². The number of nitrogens with zero attached hydrogens (tertiary/aromatic N) is 3. The number of carbonyl (C=O) groups is 1. The number of piperidine rings is 1. The predicted molar refractivity (Wildman–Crippen MR) is 77.6 cm³/mol. The van der Waals surface area contributed by atoms with Crippen molar-refractivity contribution in [2.75, 3.05) is 6.54 Å². The Morgan fingerprint density at radius 2 is 2.30 bits per heavy atom. The summed E-state index contributed by atoms with van der Waals surface area (Å²) in [5.41, 5.74) is 2.30. The van der Waals surface area contributed by atoms with Crippen LogP contribution in [-0.2, 0) is 17.9 Å². The minimum atomic E-state index is -0.690. The molecule has 1 unspecified atom stereocenters. The highest BCUT2D eigenvalue weighted by molar-refractivity contribution is 5.66. The molecule has 0 aliphatic carbocycles. The number of aliphatic carboxylic acids is 1. The van der Waals surface area contributed by atoms with Gasteiger partial charge in [0, 0.05) is 25.6 Å². The zero-order chi connectivity index (χ0) is 14.5. The standard InChI is InChI=1S/C15H25N3O2/c1-3-18-14(10-12(2)16-18)11-17-9-5-4-6-13(17)7-8-15(19)20/h10,13H,3-9,11H2,1-2H3,(H,19,20). The van der Waals surface area contributed by atoms with E-state index in [0.29, 0.717) is 6.04 Å². The van der Waals surface area contributed by atoms with Gasteiger partial charge in [-0.3, -0.25) is 14.4 Å². The number of rotatable bonds is 6. The molecule has 1 aliphatic heterocycles. The van der Waals surface area contributed by atoms with Gasteiger partial charge in [-0.1, -0.05) is 6.42 Å². The molecular weight excluding hydrogens is 254 g/mol. The monoisotopic (exact) mass is 279 g/mol. The maximum absolute atomic E-state index is 10.8. The molecule has 0 amide bonds. The van der Waals surface area contributed by atoms with Gasteiger partial charge < -0.3 is 5.11 Å². The van der Waals surface area contributed by atoms with Crippen LogP contribution < -0.4 is 0 Å². The molecule has 112 valence electrons. The molecule has 20 heavy (non-hydrogen) atoms. The molecule has 2 rings (SSSR count). The number of aryl methyl sites for hydroxylation is 2. The average molecular weight is 279 g/mol. The lowest BCUT2D eigenvalue weighted by Crippen LogP contribution is -2.39. The topological polar surface area (TPSA) is 58.4 Å². The quantitative estimate of drug-likeness (QED) is 0.869. The third kappa shape index (κ3) is 3.82. The molecule has 1 aliphatic rings. The van der Waals surface area contributed by atoms with Gasteiger partial charge in [0.15, 0.2) is 0 Å². The Hall–Kier alpha value is -1.36. The van der Waals surface area contributed by atoms with Gasteiger partial charge in [0.1, 0.15) is 0 Å². The smallest absolute Gasteiger partial charge is 0.303 e. The third-order valence-electron chi connectivity index (χ3n) is 4.09. The molecule has 2 heterocycles. The Morgan fingerprint density at radius 3 is 3.00 bits per heavy atom. The first-order chi connectivity index (χ1) is 9.60. The number of hydrogen-bond donors (Lipinski definition) is 1. The van der Waals surface area contributed by atoms with Gasteiger partial charge in [0.25, 0.3) is 0 Å². The molecule has 0 bridgehead atoms. The van der Waals surface area contributed by atoms with E-state index in [2.05, 4.69) is 27.7 Å². The first kappa shape index (κ1) is 15.0. The normalized spacial score (nSPS) is 20.2. The lowest BCUT2D eigenvalue weighted by molar-refractivity contribution is -0.137. The molecule has 1 aromatic rings. The summed E-state index contributed by atoms with van der Waals surface area (Å²) in [6, 6.07) is 2.55. The Labute approximate surface area is 120 Å². The third-order valence-corrected chi connectivity index (χ3v) is 4.09. The molecule has 1 aromatic heterocycles. The van der Waals surface area contributed by atoms with Crippen LogP contribution >= 0.6 is 0 Å². The zero-order valence-electron chi connectivity index (χ0n) is 12.5. The van der Waals surface area contributed by atoms with E-state index in [1.54, 1.807) is 0 Å². The number of hydrogen-bond acceptors (Lipinski definition) is 3. The highest BCUT2D eigenvalue weighted by Crippen LogP contribution is 2.23. The van der Waals surface area contributed by atoms with E-state index in [1.165, 1.54) is 18.5 Å². The maximum Gasteiger partial charge on any atom is 0.303 e. The van der Waals surface area contributed by atoms with Gasteiger partial charge >= 0.3 is 5.97 Å². The number of likely N-dealkylation sites (tertiary alicyclic amines) is 1. The van der Waals surface area contributed by atoms with Crippen molar-refractivity contribution in [3.63, 3.8) is 0 Å². The van der Waals surface area contributed by atoms with Gasteiger partial charge in [-0.05, 0) is 45.7 Å². The fourth-order valence-electron chi connectivity index (χ4n) is 3.09. The van der Waals surface area contributed by atoms with Crippen LogP contribution in [0.5, 0.6) is 0 Å². The minimum Gasteiger partial charge on any atom is -0.481 e. The van der Waals surface area contributed by atoms with Crippen molar-refractivity contribution >= 4 is 5.97 Å². The van der Waals surface area contributed by atoms with Crippen LogP contribution in [0.3, 0.4) is 0 Å². The Morgan fingerprint density at radius 1 is 1.50 bits per heavy atom. The SMILES string of the molecule is CCn1nc(C)cc1CN1CCCCC1CCC(=O)O. The summed E-state index contributed by atoms with van der Waals surface area (Å²) in [4.78, 5) is 13.2. The van der Waals surface area contributed by atoms with Gasteiger partial charge in [-0.2, -0.15) is 5.10 Å².